The van der Waals surface area contributed by atoms with E-state index in [-0.39, 0.29) is 5.54 Å². The summed E-state index contributed by atoms with van der Waals surface area (Å²) in [6.07, 6.45) is 11.7. The van der Waals surface area contributed by atoms with Crippen LogP contribution in [0.15, 0.2) is 6.20 Å². The van der Waals surface area contributed by atoms with Gasteiger partial charge in [0.15, 0.2) is 0 Å². The molecule has 2 aliphatic heterocycles. The van der Waals surface area contributed by atoms with Gasteiger partial charge < -0.3 is 4.90 Å². The van der Waals surface area contributed by atoms with E-state index in [2.05, 4.69) is 44.8 Å². The second-order valence-corrected chi connectivity index (χ2v) is 10.1. The summed E-state index contributed by atoms with van der Waals surface area (Å²) >= 11 is 0. The van der Waals surface area contributed by atoms with Gasteiger partial charge in [-0.2, -0.15) is 0 Å². The molecule has 4 aliphatic rings. The van der Waals surface area contributed by atoms with Crippen LogP contribution in [0.1, 0.15) is 76.9 Å². The van der Waals surface area contributed by atoms with Crippen LogP contribution in [0.5, 0.6) is 0 Å². The van der Waals surface area contributed by atoms with Crippen molar-refractivity contribution in [2.24, 2.45) is 11.3 Å². The Hall–Kier alpha value is -1.43. The molecule has 2 saturated heterocycles. The quantitative estimate of drug-likeness (QED) is 0.816. The molecule has 6 heteroatoms. The number of piperidine rings is 1. The highest BCUT2D eigenvalue weighted by atomic mass is 16.2. The Morgan fingerprint density at radius 3 is 2.52 bits per heavy atom. The van der Waals surface area contributed by atoms with E-state index < -0.39 is 0 Å². The summed E-state index contributed by atoms with van der Waals surface area (Å²) in [5.41, 5.74) is 1.79. The maximum absolute atomic E-state index is 12.8. The summed E-state index contributed by atoms with van der Waals surface area (Å²) in [6, 6.07) is 0.388. The fourth-order valence-corrected chi connectivity index (χ4v) is 5.67. The fraction of sp³-hybridized carbons (Fsp3) is 0.857. The van der Waals surface area contributed by atoms with Crippen molar-refractivity contribution in [1.29, 1.82) is 0 Å². The van der Waals surface area contributed by atoms with Gasteiger partial charge in [-0.1, -0.05) is 11.6 Å². The SMILES string of the molecule is CC1(C)CCCN1Cc1cn(C2CCN(C(=O)[C@H]3CC34CCC4)CC2)nn1. The number of carbonyl (C=O) groups is 1. The Morgan fingerprint density at radius 2 is 1.93 bits per heavy atom. The van der Waals surface area contributed by atoms with Crippen molar-refractivity contribution in [3.8, 4) is 0 Å². The monoisotopic (exact) mass is 371 g/mol. The Labute approximate surface area is 162 Å². The Kier molecular flexibility index (Phi) is 4.12. The molecular weight excluding hydrogens is 338 g/mol. The number of rotatable bonds is 4. The summed E-state index contributed by atoms with van der Waals surface area (Å²) in [5.74, 6) is 0.785. The van der Waals surface area contributed by atoms with Gasteiger partial charge in [-0.3, -0.25) is 9.69 Å². The van der Waals surface area contributed by atoms with Crippen LogP contribution >= 0.6 is 0 Å². The highest BCUT2D eigenvalue weighted by molar-refractivity contribution is 5.83. The number of amides is 1. The third kappa shape index (κ3) is 3.10. The van der Waals surface area contributed by atoms with E-state index in [1.165, 1.54) is 32.1 Å². The molecule has 2 aliphatic carbocycles. The van der Waals surface area contributed by atoms with Crippen LogP contribution in [0, 0.1) is 11.3 Å². The molecule has 27 heavy (non-hydrogen) atoms. The molecule has 1 aromatic rings. The molecule has 1 atom stereocenters. The standard InChI is InChI=1S/C21H33N5O/c1-20(2)7-4-10-25(20)14-16-15-26(23-22-16)17-5-11-24(12-6-17)19(27)18-13-21(18)8-3-9-21/h15,17-18H,3-14H2,1-2H3/t18-/m1/s1. The summed E-state index contributed by atoms with van der Waals surface area (Å²) in [6.45, 7) is 8.46. The molecule has 1 aromatic heterocycles. The number of aromatic nitrogens is 3. The first-order chi connectivity index (χ1) is 13.0. The zero-order valence-corrected chi connectivity index (χ0v) is 16.9. The first-order valence-corrected chi connectivity index (χ1v) is 10.9. The minimum Gasteiger partial charge on any atom is -0.342 e. The predicted octanol–water partition coefficient (Wildman–Crippen LogP) is 3.01. The summed E-state index contributed by atoms with van der Waals surface area (Å²) in [4.78, 5) is 17.4. The molecule has 0 bridgehead atoms. The molecular formula is C21H33N5O. The van der Waals surface area contributed by atoms with Crippen molar-refractivity contribution < 1.29 is 4.79 Å². The predicted molar refractivity (Wildman–Crippen MR) is 103 cm³/mol. The van der Waals surface area contributed by atoms with Crippen LogP contribution in [0.2, 0.25) is 0 Å². The van der Waals surface area contributed by atoms with Crippen LogP contribution in [0.25, 0.3) is 0 Å². The summed E-state index contributed by atoms with van der Waals surface area (Å²) < 4.78 is 2.06. The largest absolute Gasteiger partial charge is 0.342 e. The second kappa shape index (κ2) is 6.29. The summed E-state index contributed by atoms with van der Waals surface area (Å²) in [7, 11) is 0. The van der Waals surface area contributed by atoms with Crippen molar-refractivity contribution in [2.75, 3.05) is 19.6 Å². The molecule has 0 N–H and O–H groups in total. The van der Waals surface area contributed by atoms with Gasteiger partial charge in [-0.25, -0.2) is 4.68 Å². The van der Waals surface area contributed by atoms with Gasteiger partial charge in [0.25, 0.3) is 0 Å². The smallest absolute Gasteiger partial charge is 0.226 e. The van der Waals surface area contributed by atoms with Crippen LogP contribution in [-0.2, 0) is 11.3 Å². The minimum absolute atomic E-state index is 0.274. The average Bonchev–Trinajstić information content (AvgIpc) is 3.10. The average molecular weight is 372 g/mol. The molecule has 148 valence electrons. The van der Waals surface area contributed by atoms with Crippen LogP contribution in [0.3, 0.4) is 0 Å². The third-order valence-electron chi connectivity index (χ3n) is 7.97. The lowest BCUT2D eigenvalue weighted by Gasteiger charge is -2.34. The first-order valence-electron chi connectivity index (χ1n) is 10.9. The maximum atomic E-state index is 12.8. The van der Waals surface area contributed by atoms with Gasteiger partial charge in [0.1, 0.15) is 0 Å². The van der Waals surface area contributed by atoms with Crippen molar-refractivity contribution in [3.63, 3.8) is 0 Å². The van der Waals surface area contributed by atoms with Crippen molar-refractivity contribution in [2.45, 2.75) is 83.3 Å². The lowest BCUT2D eigenvalue weighted by atomic mass is 9.79. The number of nitrogens with zero attached hydrogens (tertiary/aromatic N) is 5. The van der Waals surface area contributed by atoms with E-state index in [0.29, 0.717) is 23.3 Å². The van der Waals surface area contributed by atoms with Crippen molar-refractivity contribution in [3.05, 3.63) is 11.9 Å². The van der Waals surface area contributed by atoms with Crippen molar-refractivity contribution in [1.82, 2.24) is 24.8 Å². The van der Waals surface area contributed by atoms with Gasteiger partial charge in [0.2, 0.25) is 5.91 Å². The number of carbonyl (C=O) groups excluding carboxylic acids is 1. The molecule has 3 heterocycles. The van der Waals surface area contributed by atoms with Gasteiger partial charge in [-0.05, 0) is 70.8 Å². The van der Waals surface area contributed by atoms with Gasteiger partial charge >= 0.3 is 0 Å². The van der Waals surface area contributed by atoms with Crippen LogP contribution < -0.4 is 0 Å². The van der Waals surface area contributed by atoms with E-state index >= 15 is 0 Å². The topological polar surface area (TPSA) is 54.3 Å². The molecule has 1 amide bonds. The maximum Gasteiger partial charge on any atom is 0.226 e. The van der Waals surface area contributed by atoms with Gasteiger partial charge in [0.05, 0.1) is 17.9 Å². The Balaban J connectivity index is 1.15. The lowest BCUT2D eigenvalue weighted by molar-refractivity contribution is -0.135. The molecule has 5 rings (SSSR count). The zero-order chi connectivity index (χ0) is 18.6. The van der Waals surface area contributed by atoms with E-state index in [0.717, 1.165) is 51.1 Å². The minimum atomic E-state index is 0.274. The fourth-order valence-electron chi connectivity index (χ4n) is 5.67. The lowest BCUT2D eigenvalue weighted by Crippen LogP contribution is -2.41. The molecule has 0 unspecified atom stereocenters. The van der Waals surface area contributed by atoms with Crippen molar-refractivity contribution >= 4 is 5.91 Å². The molecule has 0 aromatic carbocycles. The van der Waals surface area contributed by atoms with Crippen LogP contribution in [-0.4, -0.2) is 55.9 Å². The highest BCUT2D eigenvalue weighted by Crippen LogP contribution is 2.66. The number of hydrogen-bond acceptors (Lipinski definition) is 4. The van der Waals surface area contributed by atoms with E-state index in [9.17, 15) is 4.79 Å². The van der Waals surface area contributed by atoms with E-state index in [4.69, 9.17) is 0 Å². The molecule has 4 fully saturated rings. The normalized spacial score (nSPS) is 29.9. The summed E-state index contributed by atoms with van der Waals surface area (Å²) in [5, 5.41) is 8.87. The second-order valence-electron chi connectivity index (χ2n) is 10.1. The van der Waals surface area contributed by atoms with Gasteiger partial charge in [0, 0.05) is 31.1 Å². The first kappa shape index (κ1) is 17.7. The molecule has 2 saturated carbocycles. The Morgan fingerprint density at radius 1 is 1.15 bits per heavy atom. The number of likely N-dealkylation sites (tertiary alicyclic amines) is 2. The zero-order valence-electron chi connectivity index (χ0n) is 16.9. The number of hydrogen-bond donors (Lipinski definition) is 0. The molecule has 0 radical (unpaired) electrons. The highest BCUT2D eigenvalue weighted by Gasteiger charge is 2.61. The van der Waals surface area contributed by atoms with E-state index in [1.807, 2.05) is 0 Å². The third-order valence-corrected chi connectivity index (χ3v) is 7.97. The van der Waals surface area contributed by atoms with E-state index in [1.54, 1.807) is 0 Å². The van der Waals surface area contributed by atoms with Crippen LogP contribution in [0.4, 0.5) is 0 Å². The Bertz CT molecular complexity index is 714. The molecule has 6 nitrogen and oxygen atoms in total. The molecule has 1 spiro atoms. The van der Waals surface area contributed by atoms with Gasteiger partial charge in [-0.15, -0.1) is 5.10 Å².